The summed E-state index contributed by atoms with van der Waals surface area (Å²) < 4.78 is 0. The van der Waals surface area contributed by atoms with Gasteiger partial charge in [-0.15, -0.1) is 0 Å². The van der Waals surface area contributed by atoms with Crippen LogP contribution < -0.4 is 11.1 Å². The van der Waals surface area contributed by atoms with E-state index in [4.69, 9.17) is 5.73 Å². The lowest BCUT2D eigenvalue weighted by Gasteiger charge is -2.19. The zero-order valence-electron chi connectivity index (χ0n) is 12.7. The molecule has 0 aliphatic heterocycles. The number of nitrogens with two attached hydrogens (primary N) is 1. The number of benzene rings is 1. The Morgan fingerprint density at radius 1 is 1.29 bits per heavy atom. The van der Waals surface area contributed by atoms with Crippen LogP contribution in [-0.2, 0) is 5.41 Å². The molecule has 1 aromatic heterocycles. The van der Waals surface area contributed by atoms with Crippen molar-refractivity contribution in [3.63, 3.8) is 0 Å². The first-order chi connectivity index (χ1) is 9.91. The molecule has 2 rings (SSSR count). The average molecular weight is 286 g/mol. The van der Waals surface area contributed by atoms with E-state index in [0.29, 0.717) is 13.1 Å². The van der Waals surface area contributed by atoms with Gasteiger partial charge in [0.15, 0.2) is 0 Å². The van der Waals surface area contributed by atoms with E-state index in [1.165, 1.54) is 0 Å². The van der Waals surface area contributed by atoms with Gasteiger partial charge in [0, 0.05) is 24.1 Å². The Morgan fingerprint density at radius 2 is 2.05 bits per heavy atom. The number of aromatic hydroxyl groups is 1. The predicted molar refractivity (Wildman–Crippen MR) is 85.4 cm³/mol. The maximum absolute atomic E-state index is 9.69. The van der Waals surface area contributed by atoms with Gasteiger partial charge in [0.05, 0.1) is 17.6 Å². The number of nitrogens with one attached hydrogen (secondary N) is 1. The normalized spacial score (nSPS) is 11.4. The van der Waals surface area contributed by atoms with Gasteiger partial charge in [0.2, 0.25) is 0 Å². The van der Waals surface area contributed by atoms with Gasteiger partial charge in [0.25, 0.3) is 0 Å². The highest BCUT2D eigenvalue weighted by molar-refractivity contribution is 5.74. The molecule has 2 aromatic rings. The van der Waals surface area contributed by atoms with Crippen LogP contribution in [0.2, 0.25) is 0 Å². The molecular formula is C16H22N4O. The zero-order valence-corrected chi connectivity index (χ0v) is 12.7. The van der Waals surface area contributed by atoms with Gasteiger partial charge in [-0.05, 0) is 12.1 Å². The Bertz CT molecular complexity index is 620. The third-order valence-corrected chi connectivity index (χ3v) is 3.04. The van der Waals surface area contributed by atoms with Crippen molar-refractivity contribution in [1.82, 2.24) is 9.97 Å². The number of rotatable bonds is 4. The summed E-state index contributed by atoms with van der Waals surface area (Å²) >= 11 is 0. The van der Waals surface area contributed by atoms with E-state index >= 15 is 0 Å². The highest BCUT2D eigenvalue weighted by Crippen LogP contribution is 2.30. The quantitative estimate of drug-likeness (QED) is 0.804. The lowest BCUT2D eigenvalue weighted by atomic mass is 9.95. The van der Waals surface area contributed by atoms with Crippen molar-refractivity contribution in [3.8, 4) is 17.0 Å². The van der Waals surface area contributed by atoms with Crippen molar-refractivity contribution >= 4 is 5.69 Å². The Morgan fingerprint density at radius 3 is 2.67 bits per heavy atom. The SMILES string of the molecule is CC(C)(C)c1ncc(NCCN)c(-c2cccc(O)c2)n1. The molecule has 0 saturated heterocycles. The summed E-state index contributed by atoms with van der Waals surface area (Å²) in [5, 5.41) is 12.9. The summed E-state index contributed by atoms with van der Waals surface area (Å²) in [4.78, 5) is 9.12. The molecule has 0 unspecified atom stereocenters. The molecule has 1 aromatic carbocycles. The van der Waals surface area contributed by atoms with Crippen molar-refractivity contribution < 1.29 is 5.11 Å². The summed E-state index contributed by atoms with van der Waals surface area (Å²) in [6.45, 7) is 7.38. The van der Waals surface area contributed by atoms with Gasteiger partial charge in [-0.1, -0.05) is 32.9 Å². The van der Waals surface area contributed by atoms with Crippen LogP contribution >= 0.6 is 0 Å². The van der Waals surface area contributed by atoms with Crippen molar-refractivity contribution in [2.24, 2.45) is 5.73 Å². The summed E-state index contributed by atoms with van der Waals surface area (Å²) in [6, 6.07) is 7.06. The molecule has 4 N–H and O–H groups in total. The van der Waals surface area contributed by atoms with Crippen molar-refractivity contribution in [2.45, 2.75) is 26.2 Å². The lowest BCUT2D eigenvalue weighted by molar-refractivity contribution is 0.475. The Kier molecular flexibility index (Phi) is 4.43. The molecule has 1 heterocycles. The van der Waals surface area contributed by atoms with Crippen molar-refractivity contribution in [3.05, 3.63) is 36.3 Å². The van der Waals surface area contributed by atoms with Crippen LogP contribution in [0.3, 0.4) is 0 Å². The lowest BCUT2D eigenvalue weighted by Crippen LogP contribution is -2.18. The van der Waals surface area contributed by atoms with Gasteiger partial charge < -0.3 is 16.2 Å². The van der Waals surface area contributed by atoms with Crippen LogP contribution in [-0.4, -0.2) is 28.2 Å². The molecule has 5 nitrogen and oxygen atoms in total. The Balaban J connectivity index is 2.52. The number of aromatic nitrogens is 2. The third-order valence-electron chi connectivity index (χ3n) is 3.04. The molecule has 0 aliphatic carbocycles. The highest BCUT2D eigenvalue weighted by atomic mass is 16.3. The van der Waals surface area contributed by atoms with Gasteiger partial charge in [-0.3, -0.25) is 0 Å². The highest BCUT2D eigenvalue weighted by Gasteiger charge is 2.19. The Labute approximate surface area is 125 Å². The van der Waals surface area contributed by atoms with Crippen LogP contribution in [0.5, 0.6) is 5.75 Å². The van der Waals surface area contributed by atoms with E-state index in [0.717, 1.165) is 22.8 Å². The van der Waals surface area contributed by atoms with Crippen LogP contribution in [0.1, 0.15) is 26.6 Å². The fraction of sp³-hybridized carbons (Fsp3) is 0.375. The van der Waals surface area contributed by atoms with Gasteiger partial charge >= 0.3 is 0 Å². The molecule has 0 bridgehead atoms. The van der Waals surface area contributed by atoms with Gasteiger partial charge in [-0.2, -0.15) is 0 Å². The molecule has 0 radical (unpaired) electrons. The number of hydrogen-bond donors (Lipinski definition) is 3. The second-order valence-corrected chi connectivity index (χ2v) is 5.97. The second-order valence-electron chi connectivity index (χ2n) is 5.97. The smallest absolute Gasteiger partial charge is 0.134 e. The largest absolute Gasteiger partial charge is 0.508 e. The standard InChI is InChI=1S/C16H22N4O/c1-16(2,3)15-19-10-13(18-8-7-17)14(20-15)11-5-4-6-12(21)9-11/h4-6,9-10,18,21H,7-8,17H2,1-3H3. The van der Waals surface area contributed by atoms with E-state index < -0.39 is 0 Å². The molecule has 5 heteroatoms. The molecule has 0 saturated carbocycles. The molecule has 0 amide bonds. The van der Waals surface area contributed by atoms with Crippen LogP contribution in [0.25, 0.3) is 11.3 Å². The molecule has 112 valence electrons. The minimum Gasteiger partial charge on any atom is -0.508 e. The second kappa shape index (κ2) is 6.10. The molecule has 0 aliphatic rings. The first-order valence-electron chi connectivity index (χ1n) is 7.02. The van der Waals surface area contributed by atoms with Crippen molar-refractivity contribution in [2.75, 3.05) is 18.4 Å². The number of hydrogen-bond acceptors (Lipinski definition) is 5. The first kappa shape index (κ1) is 15.3. The van der Waals surface area contributed by atoms with Crippen molar-refractivity contribution in [1.29, 1.82) is 0 Å². The minimum atomic E-state index is -0.141. The van der Waals surface area contributed by atoms with E-state index in [1.807, 2.05) is 6.07 Å². The first-order valence-corrected chi connectivity index (χ1v) is 7.02. The van der Waals surface area contributed by atoms with Gasteiger partial charge in [-0.25, -0.2) is 9.97 Å². The zero-order chi connectivity index (χ0) is 15.5. The van der Waals surface area contributed by atoms with E-state index in [9.17, 15) is 5.11 Å². The third kappa shape index (κ3) is 3.70. The van der Waals surface area contributed by atoms with Crippen LogP contribution in [0, 0.1) is 0 Å². The van der Waals surface area contributed by atoms with E-state index in [1.54, 1.807) is 24.4 Å². The topological polar surface area (TPSA) is 84.1 Å². The Hall–Kier alpha value is -2.14. The number of nitrogens with zero attached hydrogens (tertiary/aromatic N) is 2. The molecule has 21 heavy (non-hydrogen) atoms. The summed E-state index contributed by atoms with van der Waals surface area (Å²) in [6.07, 6.45) is 1.78. The fourth-order valence-corrected chi connectivity index (χ4v) is 1.95. The summed E-state index contributed by atoms with van der Waals surface area (Å²) in [5.74, 6) is 0.979. The predicted octanol–water partition coefficient (Wildman–Crippen LogP) is 2.52. The van der Waals surface area contributed by atoms with E-state index in [2.05, 4.69) is 36.1 Å². The molecule has 0 spiro atoms. The van der Waals surface area contributed by atoms with Gasteiger partial charge in [0.1, 0.15) is 11.6 Å². The fourth-order valence-electron chi connectivity index (χ4n) is 1.95. The number of phenols is 1. The maximum Gasteiger partial charge on any atom is 0.134 e. The number of anilines is 1. The van der Waals surface area contributed by atoms with Crippen LogP contribution in [0.15, 0.2) is 30.5 Å². The maximum atomic E-state index is 9.69. The average Bonchev–Trinajstić information content (AvgIpc) is 2.44. The number of phenolic OH excluding ortho intramolecular Hbond substituents is 1. The summed E-state index contributed by atoms with van der Waals surface area (Å²) in [7, 11) is 0. The molecule has 0 fully saturated rings. The minimum absolute atomic E-state index is 0.141. The van der Waals surface area contributed by atoms with Crippen LogP contribution in [0.4, 0.5) is 5.69 Å². The molecular weight excluding hydrogens is 264 g/mol. The summed E-state index contributed by atoms with van der Waals surface area (Å²) in [5.41, 5.74) is 7.85. The monoisotopic (exact) mass is 286 g/mol. The van der Waals surface area contributed by atoms with E-state index in [-0.39, 0.29) is 11.2 Å². The molecule has 0 atom stereocenters.